The summed E-state index contributed by atoms with van der Waals surface area (Å²) in [5.74, 6) is -0.463. The Morgan fingerprint density at radius 1 is 1.43 bits per heavy atom. The highest BCUT2D eigenvalue weighted by molar-refractivity contribution is 6.36. The fraction of sp³-hybridized carbons (Fsp3) is 0.583. The molecule has 1 atom stereocenters. The predicted octanol–water partition coefficient (Wildman–Crippen LogP) is 1.77. The van der Waals surface area contributed by atoms with E-state index in [9.17, 15) is 4.79 Å². The van der Waals surface area contributed by atoms with Gasteiger partial charge in [-0.1, -0.05) is 11.6 Å². The predicted molar refractivity (Wildman–Crippen MR) is 79.0 cm³/mol. The number of carbonyl (C=O) groups is 1. The van der Waals surface area contributed by atoms with Crippen molar-refractivity contribution in [3.8, 4) is 0 Å². The van der Waals surface area contributed by atoms with Gasteiger partial charge in [-0.2, -0.15) is 4.98 Å². The van der Waals surface area contributed by atoms with Crippen LogP contribution >= 0.6 is 23.2 Å². The van der Waals surface area contributed by atoms with Gasteiger partial charge in [0.05, 0.1) is 13.7 Å². The Bertz CT molecular complexity index is 488. The third kappa shape index (κ3) is 5.62. The van der Waals surface area contributed by atoms with Crippen molar-refractivity contribution in [2.24, 2.45) is 0 Å². The van der Waals surface area contributed by atoms with Crippen molar-refractivity contribution < 1.29 is 19.4 Å². The number of methoxy groups -OCH3 is 1. The van der Waals surface area contributed by atoms with Gasteiger partial charge in [0.15, 0.2) is 11.5 Å². The molecule has 0 bridgehead atoms. The number of rotatable bonds is 8. The molecule has 21 heavy (non-hydrogen) atoms. The lowest BCUT2D eigenvalue weighted by molar-refractivity contribution is 0.0594. The maximum Gasteiger partial charge on any atom is 0.358 e. The van der Waals surface area contributed by atoms with Gasteiger partial charge in [-0.3, -0.25) is 0 Å². The molecule has 0 aromatic carbocycles. The molecule has 2 N–H and O–H groups in total. The van der Waals surface area contributed by atoms with Gasteiger partial charge in [-0.25, -0.2) is 9.78 Å². The summed E-state index contributed by atoms with van der Waals surface area (Å²) in [7, 11) is 1.22. The minimum absolute atomic E-state index is 0.0356. The Hall–Kier alpha value is -1.15. The molecule has 0 aliphatic rings. The number of hydrogen-bond donors (Lipinski definition) is 2. The smallest absolute Gasteiger partial charge is 0.358 e. The number of aliphatic hydroxyl groups is 1. The van der Waals surface area contributed by atoms with Gasteiger partial charge in [0.1, 0.15) is 5.02 Å². The van der Waals surface area contributed by atoms with Crippen molar-refractivity contribution in [3.05, 3.63) is 16.0 Å². The summed E-state index contributed by atoms with van der Waals surface area (Å²) >= 11 is 11.8. The van der Waals surface area contributed by atoms with E-state index in [-0.39, 0.29) is 34.5 Å². The number of aromatic nitrogens is 2. The lowest BCUT2D eigenvalue weighted by atomic mass is 10.3. The first-order valence-corrected chi connectivity index (χ1v) is 7.01. The Balaban J connectivity index is 2.74. The zero-order valence-corrected chi connectivity index (χ0v) is 13.2. The summed E-state index contributed by atoms with van der Waals surface area (Å²) in [6, 6.07) is -0.127. The van der Waals surface area contributed by atoms with Crippen LogP contribution in [0.3, 0.4) is 0 Å². The van der Waals surface area contributed by atoms with E-state index in [0.717, 1.165) is 0 Å². The first kappa shape index (κ1) is 17.9. The van der Waals surface area contributed by atoms with Crippen LogP contribution in [0.2, 0.25) is 10.3 Å². The highest BCUT2D eigenvalue weighted by Crippen LogP contribution is 2.25. The van der Waals surface area contributed by atoms with Gasteiger partial charge in [0.25, 0.3) is 0 Å². The first-order chi connectivity index (χ1) is 9.99. The summed E-state index contributed by atoms with van der Waals surface area (Å²) in [6.07, 6.45) is 0.569. The fourth-order valence-electron chi connectivity index (χ4n) is 1.45. The molecule has 0 saturated heterocycles. The van der Waals surface area contributed by atoms with Crippen molar-refractivity contribution in [1.29, 1.82) is 0 Å². The first-order valence-electron chi connectivity index (χ1n) is 6.26. The molecule has 9 heteroatoms. The highest BCUT2D eigenvalue weighted by Gasteiger charge is 2.20. The normalized spacial score (nSPS) is 12.0. The quantitative estimate of drug-likeness (QED) is 0.424. The summed E-state index contributed by atoms with van der Waals surface area (Å²) in [5.41, 5.74) is -0.102. The average Bonchev–Trinajstić information content (AvgIpc) is 2.46. The van der Waals surface area contributed by atoms with E-state index in [4.69, 9.17) is 33.0 Å². The van der Waals surface area contributed by atoms with Crippen LogP contribution in [-0.4, -0.2) is 54.0 Å². The largest absolute Gasteiger partial charge is 0.464 e. The number of aliphatic hydroxyl groups excluding tert-OH is 1. The van der Waals surface area contributed by atoms with Gasteiger partial charge in [0.2, 0.25) is 5.28 Å². The van der Waals surface area contributed by atoms with E-state index in [2.05, 4.69) is 20.0 Å². The molecule has 0 amide bonds. The average molecular weight is 338 g/mol. The molecule has 1 rings (SSSR count). The summed E-state index contributed by atoms with van der Waals surface area (Å²) < 4.78 is 9.92. The molecule has 1 aromatic heterocycles. The standard InChI is InChI=1S/C12H17Cl2N3O4/c1-7(6-21-5-3-4-18)15-10-8(13)9(11(19)20-2)16-12(14)17-10/h7,18H,3-6H2,1-2H3,(H,15,16,17)/t7-/m1/s1. The number of carbonyl (C=O) groups excluding carboxylic acids is 1. The van der Waals surface area contributed by atoms with Crippen LogP contribution < -0.4 is 5.32 Å². The van der Waals surface area contributed by atoms with E-state index >= 15 is 0 Å². The molecule has 7 nitrogen and oxygen atoms in total. The number of nitrogens with one attached hydrogen (secondary N) is 1. The Morgan fingerprint density at radius 2 is 2.14 bits per heavy atom. The van der Waals surface area contributed by atoms with E-state index < -0.39 is 5.97 Å². The number of esters is 1. The second-order valence-electron chi connectivity index (χ2n) is 4.19. The van der Waals surface area contributed by atoms with Crippen LogP contribution in [0.25, 0.3) is 0 Å². The molecule has 0 spiro atoms. The molecule has 0 aliphatic carbocycles. The number of anilines is 1. The second-order valence-corrected chi connectivity index (χ2v) is 4.91. The zero-order chi connectivity index (χ0) is 15.8. The maximum absolute atomic E-state index is 11.5. The lowest BCUT2D eigenvalue weighted by Gasteiger charge is -2.16. The summed E-state index contributed by atoms with van der Waals surface area (Å²) in [6.45, 7) is 2.76. The maximum atomic E-state index is 11.5. The monoisotopic (exact) mass is 337 g/mol. The third-order valence-corrected chi connectivity index (χ3v) is 2.93. The summed E-state index contributed by atoms with van der Waals surface area (Å²) in [5, 5.41) is 11.6. The van der Waals surface area contributed by atoms with Gasteiger partial charge in [-0.15, -0.1) is 0 Å². The molecule has 0 saturated carbocycles. The third-order valence-electron chi connectivity index (χ3n) is 2.40. The molecule has 0 aliphatic heterocycles. The Labute approximate surface area is 132 Å². The van der Waals surface area contributed by atoms with Crippen LogP contribution in [0.4, 0.5) is 5.82 Å². The van der Waals surface area contributed by atoms with E-state index in [1.54, 1.807) is 0 Å². The van der Waals surface area contributed by atoms with Crippen molar-refractivity contribution in [1.82, 2.24) is 9.97 Å². The van der Waals surface area contributed by atoms with E-state index in [1.807, 2.05) is 6.92 Å². The Kier molecular flexibility index (Phi) is 7.66. The van der Waals surface area contributed by atoms with Crippen molar-refractivity contribution in [2.45, 2.75) is 19.4 Å². The zero-order valence-electron chi connectivity index (χ0n) is 11.7. The molecular weight excluding hydrogens is 321 g/mol. The molecule has 1 heterocycles. The van der Waals surface area contributed by atoms with E-state index in [1.165, 1.54) is 7.11 Å². The van der Waals surface area contributed by atoms with Crippen LogP contribution in [0, 0.1) is 0 Å². The number of nitrogens with zero attached hydrogens (tertiary/aromatic N) is 2. The number of hydrogen-bond acceptors (Lipinski definition) is 7. The minimum Gasteiger partial charge on any atom is -0.464 e. The molecule has 1 aromatic rings. The van der Waals surface area contributed by atoms with Crippen molar-refractivity contribution in [3.63, 3.8) is 0 Å². The molecule has 0 radical (unpaired) electrons. The highest BCUT2D eigenvalue weighted by atomic mass is 35.5. The van der Waals surface area contributed by atoms with Crippen LogP contribution in [0.5, 0.6) is 0 Å². The number of halogens is 2. The molecular formula is C12H17Cl2N3O4. The van der Waals surface area contributed by atoms with Gasteiger partial charge in [-0.05, 0) is 24.9 Å². The Morgan fingerprint density at radius 3 is 2.76 bits per heavy atom. The van der Waals surface area contributed by atoms with Crippen LogP contribution in [0.15, 0.2) is 0 Å². The molecule has 0 unspecified atom stereocenters. The lowest BCUT2D eigenvalue weighted by Crippen LogP contribution is -2.23. The number of ether oxygens (including phenoxy) is 2. The van der Waals surface area contributed by atoms with Crippen LogP contribution in [0.1, 0.15) is 23.8 Å². The van der Waals surface area contributed by atoms with Gasteiger partial charge < -0.3 is 19.9 Å². The van der Waals surface area contributed by atoms with Crippen molar-refractivity contribution in [2.75, 3.05) is 32.2 Å². The second kappa shape index (κ2) is 8.99. The van der Waals surface area contributed by atoms with Gasteiger partial charge in [0, 0.05) is 19.3 Å². The fourth-order valence-corrected chi connectivity index (χ4v) is 1.83. The van der Waals surface area contributed by atoms with Crippen LogP contribution in [-0.2, 0) is 9.47 Å². The SMILES string of the molecule is COC(=O)c1nc(Cl)nc(N[C@H](C)COCCCO)c1Cl. The topological polar surface area (TPSA) is 93.6 Å². The van der Waals surface area contributed by atoms with Gasteiger partial charge >= 0.3 is 5.97 Å². The van der Waals surface area contributed by atoms with E-state index in [0.29, 0.717) is 19.6 Å². The minimum atomic E-state index is -0.695. The summed E-state index contributed by atoms with van der Waals surface area (Å²) in [4.78, 5) is 19.2. The van der Waals surface area contributed by atoms with Crippen molar-refractivity contribution >= 4 is 35.0 Å². The molecule has 118 valence electrons. The molecule has 0 fully saturated rings.